The first kappa shape index (κ1) is 21.1. The van der Waals surface area contributed by atoms with Gasteiger partial charge in [-0.05, 0) is 42.0 Å². The quantitative estimate of drug-likeness (QED) is 0.517. The minimum atomic E-state index is -1.17. The van der Waals surface area contributed by atoms with Crippen LogP contribution in [0.2, 0.25) is 10.0 Å². The molecule has 0 bridgehead atoms. The Bertz CT molecular complexity index is 983. The van der Waals surface area contributed by atoms with Crippen LogP contribution in [0.5, 0.6) is 11.5 Å². The normalized spacial score (nSPS) is 10.7. The number of methoxy groups -OCH3 is 1. The number of halogens is 2. The van der Waals surface area contributed by atoms with Gasteiger partial charge in [-0.3, -0.25) is 4.79 Å². The number of nitrogens with zero attached hydrogens (tertiary/aromatic N) is 1. The molecule has 0 aliphatic heterocycles. The van der Waals surface area contributed by atoms with Crippen molar-refractivity contribution in [2.24, 2.45) is 0 Å². The molecule has 2 rings (SSSR count). The summed E-state index contributed by atoms with van der Waals surface area (Å²) in [4.78, 5) is 23.0. The van der Waals surface area contributed by atoms with Gasteiger partial charge in [-0.25, -0.2) is 4.79 Å². The molecule has 144 valence electrons. The summed E-state index contributed by atoms with van der Waals surface area (Å²) in [6.07, 6.45) is 1.31. The highest BCUT2D eigenvalue weighted by Crippen LogP contribution is 2.37. The van der Waals surface area contributed by atoms with Gasteiger partial charge in [0.25, 0.3) is 5.91 Å². The molecule has 0 aromatic heterocycles. The minimum Gasteiger partial charge on any atom is -0.493 e. The molecule has 0 aliphatic carbocycles. The van der Waals surface area contributed by atoms with Crippen molar-refractivity contribution in [1.29, 1.82) is 5.26 Å². The maximum absolute atomic E-state index is 12.3. The van der Waals surface area contributed by atoms with E-state index >= 15 is 0 Å². The van der Waals surface area contributed by atoms with E-state index < -0.39 is 18.5 Å². The van der Waals surface area contributed by atoms with Crippen molar-refractivity contribution in [3.8, 4) is 17.6 Å². The van der Waals surface area contributed by atoms with Crippen LogP contribution in [0.4, 0.5) is 5.69 Å². The van der Waals surface area contributed by atoms with Crippen LogP contribution in [-0.2, 0) is 9.59 Å². The molecule has 9 heteroatoms. The minimum absolute atomic E-state index is 0.0469. The van der Waals surface area contributed by atoms with E-state index in [4.69, 9.17) is 37.8 Å². The molecule has 0 atom stereocenters. The zero-order valence-corrected chi connectivity index (χ0v) is 16.0. The predicted molar refractivity (Wildman–Crippen MR) is 105 cm³/mol. The highest BCUT2D eigenvalue weighted by Gasteiger charge is 2.15. The van der Waals surface area contributed by atoms with Crippen molar-refractivity contribution < 1.29 is 24.2 Å². The lowest BCUT2D eigenvalue weighted by atomic mass is 10.1. The fourth-order valence-electron chi connectivity index (χ4n) is 2.18. The third kappa shape index (κ3) is 5.64. The Balaban J connectivity index is 2.30. The standard InChI is InChI=1S/C19H14Cl2N2O5/c1-27-16-7-11(6-15(21)18(16)28-10-17(24)25)5-12(9-22)19(26)23-14-4-2-3-13(20)8-14/h2-8H,10H2,1H3,(H,23,26)(H,24,25)/b12-5+. The van der Waals surface area contributed by atoms with Gasteiger partial charge in [0.2, 0.25) is 0 Å². The van der Waals surface area contributed by atoms with Crippen LogP contribution in [0, 0.1) is 11.3 Å². The topological polar surface area (TPSA) is 109 Å². The third-order valence-corrected chi connectivity index (χ3v) is 3.87. The number of carbonyl (C=O) groups excluding carboxylic acids is 1. The second kappa shape index (κ2) is 9.65. The average Bonchev–Trinajstić information content (AvgIpc) is 2.64. The summed E-state index contributed by atoms with van der Waals surface area (Å²) < 4.78 is 10.3. The van der Waals surface area contributed by atoms with E-state index in [1.54, 1.807) is 24.3 Å². The van der Waals surface area contributed by atoms with Gasteiger partial charge in [-0.1, -0.05) is 29.3 Å². The van der Waals surface area contributed by atoms with Gasteiger partial charge in [-0.2, -0.15) is 5.26 Å². The number of rotatable bonds is 7. The molecule has 0 saturated carbocycles. The number of nitrogens with one attached hydrogen (secondary N) is 1. The van der Waals surface area contributed by atoms with Crippen molar-refractivity contribution in [3.63, 3.8) is 0 Å². The predicted octanol–water partition coefficient (Wildman–Crippen LogP) is 4.01. The molecule has 0 radical (unpaired) electrons. The van der Waals surface area contributed by atoms with E-state index in [2.05, 4.69) is 5.32 Å². The van der Waals surface area contributed by atoms with E-state index in [0.717, 1.165) is 0 Å². The van der Waals surface area contributed by atoms with Crippen LogP contribution in [0.25, 0.3) is 6.08 Å². The number of carboxylic acid groups (broad SMARTS) is 1. The molecule has 28 heavy (non-hydrogen) atoms. The van der Waals surface area contributed by atoms with E-state index in [9.17, 15) is 14.9 Å². The number of nitriles is 1. The Labute approximate surface area is 170 Å². The molecule has 2 N–H and O–H groups in total. The highest BCUT2D eigenvalue weighted by molar-refractivity contribution is 6.32. The van der Waals surface area contributed by atoms with Gasteiger partial charge in [0, 0.05) is 10.7 Å². The van der Waals surface area contributed by atoms with Crippen molar-refractivity contribution in [1.82, 2.24) is 0 Å². The summed E-state index contributed by atoms with van der Waals surface area (Å²) in [6.45, 7) is -0.600. The number of carbonyl (C=O) groups is 2. The maximum atomic E-state index is 12.3. The summed E-state index contributed by atoms with van der Waals surface area (Å²) >= 11 is 12.0. The highest BCUT2D eigenvalue weighted by atomic mass is 35.5. The first-order chi connectivity index (χ1) is 13.3. The Morgan fingerprint density at radius 1 is 1.29 bits per heavy atom. The van der Waals surface area contributed by atoms with E-state index in [1.807, 2.05) is 6.07 Å². The van der Waals surface area contributed by atoms with Crippen LogP contribution in [0.3, 0.4) is 0 Å². The summed E-state index contributed by atoms with van der Waals surface area (Å²) in [5, 5.41) is 21.1. The number of amides is 1. The summed E-state index contributed by atoms with van der Waals surface area (Å²) in [7, 11) is 1.35. The van der Waals surface area contributed by atoms with Crippen molar-refractivity contribution in [3.05, 3.63) is 57.6 Å². The Morgan fingerprint density at radius 2 is 2.04 bits per heavy atom. The van der Waals surface area contributed by atoms with Crippen molar-refractivity contribution in [2.45, 2.75) is 0 Å². The second-order valence-corrected chi connectivity index (χ2v) is 6.19. The fraction of sp³-hybridized carbons (Fsp3) is 0.105. The first-order valence-corrected chi connectivity index (χ1v) is 8.50. The van der Waals surface area contributed by atoms with Crippen LogP contribution in [0.15, 0.2) is 42.0 Å². The number of hydrogen-bond donors (Lipinski definition) is 2. The zero-order valence-electron chi connectivity index (χ0n) is 14.5. The Hall–Kier alpha value is -3.21. The largest absolute Gasteiger partial charge is 0.493 e. The van der Waals surface area contributed by atoms with Crippen LogP contribution in [0.1, 0.15) is 5.56 Å². The van der Waals surface area contributed by atoms with Crippen LogP contribution < -0.4 is 14.8 Å². The number of benzene rings is 2. The van der Waals surface area contributed by atoms with Crippen molar-refractivity contribution in [2.75, 3.05) is 19.0 Å². The lowest BCUT2D eigenvalue weighted by molar-refractivity contribution is -0.139. The molecule has 0 aliphatic rings. The smallest absolute Gasteiger partial charge is 0.341 e. The summed E-state index contributed by atoms with van der Waals surface area (Å²) in [6, 6.07) is 11.2. The summed E-state index contributed by atoms with van der Waals surface area (Å²) in [5.41, 5.74) is 0.645. The molecule has 0 saturated heterocycles. The van der Waals surface area contributed by atoms with E-state index in [-0.39, 0.29) is 22.1 Å². The number of carboxylic acids is 1. The second-order valence-electron chi connectivity index (χ2n) is 5.35. The molecular formula is C19H14Cl2N2O5. The molecule has 2 aromatic rings. The van der Waals surface area contributed by atoms with Gasteiger partial charge in [-0.15, -0.1) is 0 Å². The van der Waals surface area contributed by atoms with Gasteiger partial charge in [0.05, 0.1) is 12.1 Å². The lowest BCUT2D eigenvalue weighted by Crippen LogP contribution is -2.13. The zero-order chi connectivity index (χ0) is 20.7. The molecule has 0 spiro atoms. The summed E-state index contributed by atoms with van der Waals surface area (Å²) in [5.74, 6) is -1.60. The molecule has 2 aromatic carbocycles. The average molecular weight is 421 g/mol. The van der Waals surface area contributed by atoms with Gasteiger partial charge < -0.3 is 19.9 Å². The van der Waals surface area contributed by atoms with Gasteiger partial charge in [0.1, 0.15) is 11.6 Å². The third-order valence-electron chi connectivity index (χ3n) is 3.35. The number of hydrogen-bond acceptors (Lipinski definition) is 5. The van der Waals surface area contributed by atoms with Crippen molar-refractivity contribution >= 4 is 46.8 Å². The van der Waals surface area contributed by atoms with E-state index in [0.29, 0.717) is 16.3 Å². The number of aliphatic carboxylic acids is 1. The van der Waals surface area contributed by atoms with E-state index in [1.165, 1.54) is 25.3 Å². The maximum Gasteiger partial charge on any atom is 0.341 e. The number of anilines is 1. The van der Waals surface area contributed by atoms with Gasteiger partial charge >= 0.3 is 5.97 Å². The Morgan fingerprint density at radius 3 is 2.64 bits per heavy atom. The fourth-order valence-corrected chi connectivity index (χ4v) is 2.64. The first-order valence-electron chi connectivity index (χ1n) is 7.75. The Kier molecular flexibility index (Phi) is 7.27. The monoisotopic (exact) mass is 420 g/mol. The molecule has 0 unspecified atom stereocenters. The SMILES string of the molecule is COc1cc(/C=C(\C#N)C(=O)Nc2cccc(Cl)c2)cc(Cl)c1OCC(=O)O. The lowest BCUT2D eigenvalue weighted by Gasteiger charge is -2.12. The molecular weight excluding hydrogens is 407 g/mol. The molecule has 7 nitrogen and oxygen atoms in total. The molecule has 0 heterocycles. The van der Waals surface area contributed by atoms with Crippen LogP contribution >= 0.6 is 23.2 Å². The molecule has 1 amide bonds. The number of ether oxygens (including phenoxy) is 2. The molecule has 0 fully saturated rings. The van der Waals surface area contributed by atoms with Crippen LogP contribution in [-0.4, -0.2) is 30.7 Å². The van der Waals surface area contributed by atoms with Gasteiger partial charge in [0.15, 0.2) is 18.1 Å².